The van der Waals surface area contributed by atoms with Crippen molar-refractivity contribution in [3.8, 4) is 0 Å². The van der Waals surface area contributed by atoms with E-state index in [0.717, 1.165) is 17.0 Å². The van der Waals surface area contributed by atoms with Crippen LogP contribution in [-0.4, -0.2) is 34.5 Å². The van der Waals surface area contributed by atoms with E-state index in [1.54, 1.807) is 0 Å². The highest BCUT2D eigenvalue weighted by Gasteiger charge is 2.41. The molecule has 7 nitrogen and oxygen atoms in total. The molecule has 1 saturated heterocycles. The normalized spacial score (nSPS) is 23.8. The fraction of sp³-hybridized carbons (Fsp3) is 0.273. The highest BCUT2D eigenvalue weighted by molar-refractivity contribution is 6.30. The summed E-state index contributed by atoms with van der Waals surface area (Å²) < 4.78 is 61.5. The van der Waals surface area contributed by atoms with Gasteiger partial charge in [0.2, 0.25) is 11.8 Å². The summed E-state index contributed by atoms with van der Waals surface area (Å²) in [6.45, 7) is -2.16. The molecule has 2 aliphatic heterocycles. The van der Waals surface area contributed by atoms with Crippen molar-refractivity contribution in [2.24, 2.45) is 0 Å². The molecule has 2 aromatic rings. The molecule has 10 heteroatoms. The van der Waals surface area contributed by atoms with Crippen LogP contribution >= 0.6 is 11.6 Å². The number of benzene rings is 2. The zero-order valence-electron chi connectivity index (χ0n) is 20.3. The first kappa shape index (κ1) is 17.3. The second kappa shape index (κ2) is 8.31. The van der Waals surface area contributed by atoms with E-state index in [2.05, 4.69) is 0 Å². The van der Waals surface area contributed by atoms with Crippen LogP contribution < -0.4 is 10.6 Å². The van der Waals surface area contributed by atoms with Gasteiger partial charge in [0.15, 0.2) is 2.82 Å². The maximum atomic E-state index is 14.7. The minimum atomic E-state index is -4.10. The Balaban J connectivity index is 1.56. The lowest BCUT2D eigenvalue weighted by molar-refractivity contribution is -0.147. The molecule has 2 heterocycles. The van der Waals surface area contributed by atoms with E-state index in [4.69, 9.17) is 17.2 Å². The summed E-state index contributed by atoms with van der Waals surface area (Å²) in [4.78, 5) is 50.3. The number of nitrogens with zero attached hydrogens (tertiary/aromatic N) is 1. The van der Waals surface area contributed by atoms with Crippen molar-refractivity contribution in [3.05, 3.63) is 69.7 Å². The Kier molecular flexibility index (Phi) is 4.48. The van der Waals surface area contributed by atoms with Crippen LogP contribution in [0, 0.1) is 0 Å². The molecular formula is C22H18ClF2N3O4. The predicted molar refractivity (Wildman–Crippen MR) is 110 cm³/mol. The Morgan fingerprint density at radius 2 is 2.03 bits per heavy atom. The number of carbonyl (C=O) groups is 4. The first-order chi connectivity index (χ1) is 16.8. The van der Waals surface area contributed by atoms with Crippen LogP contribution in [0.2, 0.25) is 7.85 Å². The Bertz CT molecular complexity index is 1280. The van der Waals surface area contributed by atoms with Gasteiger partial charge in [0.1, 0.15) is 6.02 Å². The maximum Gasteiger partial charge on any atom is 0.349 e. The molecule has 0 saturated carbocycles. The quantitative estimate of drug-likeness (QED) is 0.663. The molecule has 0 radical (unpaired) electrons. The summed E-state index contributed by atoms with van der Waals surface area (Å²) >= 11 is 5.69. The van der Waals surface area contributed by atoms with Gasteiger partial charge in [-0.3, -0.25) is 24.5 Å². The number of rotatable bonds is 5. The van der Waals surface area contributed by atoms with Crippen molar-refractivity contribution in [2.45, 2.75) is 37.8 Å². The summed E-state index contributed by atoms with van der Waals surface area (Å²) in [5.74, 6) is -8.72. The average molecular weight is 466 g/mol. The summed E-state index contributed by atoms with van der Waals surface area (Å²) in [5, 5.41) is 0.0596. The van der Waals surface area contributed by atoms with Gasteiger partial charge < -0.3 is 10.2 Å². The Hall–Kier alpha value is -3.33. The van der Waals surface area contributed by atoms with Crippen molar-refractivity contribution < 1.29 is 33.5 Å². The van der Waals surface area contributed by atoms with Crippen molar-refractivity contribution >= 4 is 35.2 Å². The third kappa shape index (κ3) is 4.08. The lowest BCUT2D eigenvalue weighted by Gasteiger charge is -2.29. The van der Waals surface area contributed by atoms with Gasteiger partial charge >= 0.3 is 5.92 Å². The van der Waals surface area contributed by atoms with E-state index < -0.39 is 47.7 Å². The molecule has 1 fully saturated rings. The number of amides is 4. The number of nitrogens with one attached hydrogen (secondary N) is 2. The highest BCUT2D eigenvalue weighted by atomic mass is 35.5. The molecule has 0 aromatic heterocycles. The van der Waals surface area contributed by atoms with Gasteiger partial charge in [0.25, 0.3) is 11.8 Å². The number of alkyl halides is 2. The SMILES string of the molecule is [2H]C(c1ccc2c(c1)CN(C1([2H])CCC(=O)N([2H])C1=O)C2=O)N([2H])C(=O)C(F)(F)c1ccc(Cl)cc1. The second-order valence-electron chi connectivity index (χ2n) is 7.21. The number of piperidine rings is 1. The Morgan fingerprint density at radius 1 is 1.31 bits per heavy atom. The van der Waals surface area contributed by atoms with Gasteiger partial charge in [-0.15, -0.1) is 0 Å². The lowest BCUT2D eigenvalue weighted by atomic mass is 10.0. The summed E-state index contributed by atoms with van der Waals surface area (Å²) in [7, 11) is 0. The third-order valence-corrected chi connectivity index (χ3v) is 5.37. The molecular weight excluding hydrogens is 444 g/mol. The number of imide groups is 1. The van der Waals surface area contributed by atoms with Gasteiger partial charge in [-0.25, -0.2) is 0 Å². The van der Waals surface area contributed by atoms with Gasteiger partial charge in [0, 0.05) is 35.6 Å². The van der Waals surface area contributed by atoms with Crippen LogP contribution in [0.5, 0.6) is 0 Å². The number of halogens is 3. The van der Waals surface area contributed by atoms with Crippen LogP contribution in [0.3, 0.4) is 0 Å². The monoisotopic (exact) mass is 465 g/mol. The van der Waals surface area contributed by atoms with E-state index in [1.165, 1.54) is 30.3 Å². The molecule has 4 rings (SSSR count). The maximum absolute atomic E-state index is 14.7. The molecule has 2 unspecified atom stereocenters. The first-order valence-corrected chi connectivity index (χ1v) is 9.86. The largest absolute Gasteiger partial charge is 0.349 e. The van der Waals surface area contributed by atoms with Crippen molar-refractivity contribution in [1.29, 1.82) is 0 Å². The van der Waals surface area contributed by atoms with Gasteiger partial charge in [0.05, 0.1) is 2.74 Å². The fourth-order valence-corrected chi connectivity index (χ4v) is 3.58. The Morgan fingerprint density at radius 3 is 2.75 bits per heavy atom. The van der Waals surface area contributed by atoms with E-state index in [0.29, 0.717) is 0 Å². The first-order valence-electron chi connectivity index (χ1n) is 11.5. The topological polar surface area (TPSA) is 95.6 Å². The van der Waals surface area contributed by atoms with Crippen molar-refractivity contribution in [2.75, 3.05) is 0 Å². The molecule has 0 aliphatic carbocycles. The zero-order chi connectivity index (χ0) is 26.6. The van der Waals surface area contributed by atoms with Crippen LogP contribution in [0.25, 0.3) is 0 Å². The number of hydrogen-bond acceptors (Lipinski definition) is 4. The molecule has 4 amide bonds. The summed E-state index contributed by atoms with van der Waals surface area (Å²) in [6, 6.07) is 5.76. The summed E-state index contributed by atoms with van der Waals surface area (Å²) in [6.07, 6.45) is -0.584. The van der Waals surface area contributed by atoms with E-state index in [1.807, 2.05) is 0 Å². The molecule has 0 bridgehead atoms. The van der Waals surface area contributed by atoms with Crippen LogP contribution in [0.15, 0.2) is 42.5 Å². The summed E-state index contributed by atoms with van der Waals surface area (Å²) in [5.41, 5.74) is -0.428. The number of fused-ring (bicyclic) bond motifs is 1. The molecule has 2 N–H and O–H groups in total. The van der Waals surface area contributed by atoms with Gasteiger partial charge in [-0.1, -0.05) is 35.9 Å². The second-order valence-corrected chi connectivity index (χ2v) is 7.65. The molecule has 32 heavy (non-hydrogen) atoms. The molecule has 166 valence electrons. The van der Waals surface area contributed by atoms with Crippen LogP contribution in [-0.2, 0) is 33.4 Å². The van der Waals surface area contributed by atoms with E-state index in [-0.39, 0.29) is 51.7 Å². The zero-order valence-corrected chi connectivity index (χ0v) is 17.1. The Labute approximate surface area is 192 Å². The molecule has 2 aromatic carbocycles. The molecule has 2 aliphatic rings. The average Bonchev–Trinajstić information content (AvgIpc) is 3.20. The van der Waals surface area contributed by atoms with Crippen LogP contribution in [0.1, 0.15) is 42.6 Å². The standard InChI is InChI=1S/C22H18ClF2N3O4/c23-15-4-2-14(3-5-15)22(24,25)21(32)26-10-12-1-6-16-13(9-12)11-28(20(16)31)17-7-8-18(29)27-19(17)30/h1-6,9,17H,7-8,10-11H2,(H,26,32)(H,27,29,30)/i10D,17D/hD2. The molecule has 2 atom stereocenters. The molecule has 0 spiro atoms. The predicted octanol–water partition coefficient (Wildman–Crippen LogP) is 2.51. The van der Waals surface area contributed by atoms with E-state index in [9.17, 15) is 28.0 Å². The van der Waals surface area contributed by atoms with Gasteiger partial charge in [-0.2, -0.15) is 8.78 Å². The smallest absolute Gasteiger partial charge is 0.346 e. The number of hydrogen-bond donors (Lipinski definition) is 2. The number of carbonyl (C=O) groups excluding carboxylic acids is 4. The van der Waals surface area contributed by atoms with Crippen molar-refractivity contribution in [3.63, 3.8) is 0 Å². The third-order valence-electron chi connectivity index (χ3n) is 5.11. The fourth-order valence-electron chi connectivity index (χ4n) is 3.45. The van der Waals surface area contributed by atoms with E-state index >= 15 is 0 Å². The van der Waals surface area contributed by atoms with Gasteiger partial charge in [-0.05, 0) is 35.7 Å². The highest BCUT2D eigenvalue weighted by Crippen LogP contribution is 2.30. The van der Waals surface area contributed by atoms with Crippen LogP contribution in [0.4, 0.5) is 8.78 Å². The minimum Gasteiger partial charge on any atom is -0.346 e. The van der Waals surface area contributed by atoms with Crippen molar-refractivity contribution in [1.82, 2.24) is 15.5 Å². The minimum absolute atomic E-state index is 0.0510. The lowest BCUT2D eigenvalue weighted by Crippen LogP contribution is -2.52.